The monoisotopic (exact) mass is 233 g/mol. The fourth-order valence-corrected chi connectivity index (χ4v) is 0. The molecular weight excluding hydrogens is 223 g/mol. The minimum atomic E-state index is -5.08. The molecule has 0 aliphatic rings. The van der Waals surface area contributed by atoms with Gasteiger partial charge >= 0.3 is 12.1 Å². The molecule has 0 rings (SSSR count). The molecule has 10 heteroatoms. The maximum absolute atomic E-state index is 10.6. The molecule has 7 N–H and O–H groups in total. The van der Waals surface area contributed by atoms with E-state index in [-0.39, 0.29) is 5.96 Å². The fourth-order valence-electron chi connectivity index (χ4n) is 0. The van der Waals surface area contributed by atoms with E-state index in [1.165, 1.54) is 0 Å². The van der Waals surface area contributed by atoms with E-state index in [0.717, 1.165) is 6.92 Å². The number of alkyl halides is 3. The van der Waals surface area contributed by atoms with Gasteiger partial charge in [-0.15, -0.1) is 0 Å². The Morgan fingerprint density at radius 2 is 1.27 bits per heavy atom. The highest BCUT2D eigenvalue weighted by atomic mass is 19.4. The normalized spacial score (nSPS) is 8.53. The molecule has 0 aliphatic heterocycles. The lowest BCUT2D eigenvalue weighted by Gasteiger charge is -1.93. The molecule has 0 aromatic heterocycles. The van der Waals surface area contributed by atoms with Gasteiger partial charge in [0, 0.05) is 6.92 Å². The standard InChI is InChI=1S/C2HF3O2.C2H4O2.CH5N3/c3-2(4,5)1(6)7;1-2(3)4;2-1(3)4/h(H,6,7);1H3,(H,3,4);(H5,2,3,4). The van der Waals surface area contributed by atoms with Crippen LogP contribution < -0.4 is 11.5 Å². The first-order valence-corrected chi connectivity index (χ1v) is 3.00. The Morgan fingerprint density at radius 3 is 1.27 bits per heavy atom. The molecule has 0 unspecified atom stereocenters. The Bertz CT molecular complexity index is 208. The van der Waals surface area contributed by atoms with Gasteiger partial charge in [-0.3, -0.25) is 10.2 Å². The molecule has 0 aromatic rings. The summed E-state index contributed by atoms with van der Waals surface area (Å²) in [6, 6.07) is 0. The molecule has 7 nitrogen and oxygen atoms in total. The van der Waals surface area contributed by atoms with Crippen LogP contribution in [-0.2, 0) is 9.59 Å². The second-order valence-electron chi connectivity index (χ2n) is 1.78. The van der Waals surface area contributed by atoms with Crippen molar-refractivity contribution in [3.8, 4) is 0 Å². The maximum Gasteiger partial charge on any atom is 0.490 e. The molecule has 0 aromatic carbocycles. The first kappa shape index (κ1) is 18.7. The largest absolute Gasteiger partial charge is 0.490 e. The predicted octanol–water partition coefficient (Wildman–Crippen LogP) is -0.437. The summed E-state index contributed by atoms with van der Waals surface area (Å²) in [6.45, 7) is 1.08. The lowest BCUT2D eigenvalue weighted by atomic mass is 10.7. The smallest absolute Gasteiger partial charge is 0.481 e. The van der Waals surface area contributed by atoms with E-state index in [9.17, 15) is 13.2 Å². The Morgan fingerprint density at radius 1 is 1.20 bits per heavy atom. The lowest BCUT2D eigenvalue weighted by molar-refractivity contribution is -0.192. The van der Waals surface area contributed by atoms with Gasteiger partial charge in [0.15, 0.2) is 5.96 Å². The number of nitrogens with one attached hydrogen (secondary N) is 1. The molecule has 0 atom stereocenters. The quantitative estimate of drug-likeness (QED) is 0.282. The van der Waals surface area contributed by atoms with Crippen LogP contribution in [0.4, 0.5) is 13.2 Å². The van der Waals surface area contributed by atoms with Gasteiger partial charge in [-0.2, -0.15) is 13.2 Å². The van der Waals surface area contributed by atoms with Gasteiger partial charge in [-0.05, 0) is 0 Å². The van der Waals surface area contributed by atoms with Crippen LogP contribution in [0, 0.1) is 5.41 Å². The molecular formula is C5H10F3N3O4. The number of halogens is 3. The summed E-state index contributed by atoms with van der Waals surface area (Å²) in [7, 11) is 0. The van der Waals surface area contributed by atoms with Crippen molar-refractivity contribution in [2.24, 2.45) is 11.5 Å². The van der Waals surface area contributed by atoms with E-state index >= 15 is 0 Å². The van der Waals surface area contributed by atoms with Crippen LogP contribution in [0.15, 0.2) is 0 Å². The van der Waals surface area contributed by atoms with Crippen molar-refractivity contribution in [3.63, 3.8) is 0 Å². The highest BCUT2D eigenvalue weighted by Gasteiger charge is 2.38. The Kier molecular flexibility index (Phi) is 10.7. The first-order chi connectivity index (χ1) is 6.41. The van der Waals surface area contributed by atoms with Gasteiger partial charge in [0.1, 0.15) is 0 Å². The number of carboxylic acids is 2. The topological polar surface area (TPSA) is 150 Å². The number of hydrogen-bond acceptors (Lipinski definition) is 3. The number of nitrogens with two attached hydrogens (primary N) is 2. The summed E-state index contributed by atoms with van der Waals surface area (Å²) in [5, 5.41) is 20.6. The van der Waals surface area contributed by atoms with Gasteiger partial charge in [0.2, 0.25) is 0 Å². The van der Waals surface area contributed by atoms with Crippen molar-refractivity contribution in [2.45, 2.75) is 13.1 Å². The van der Waals surface area contributed by atoms with Gasteiger partial charge in [0.25, 0.3) is 5.97 Å². The average molecular weight is 233 g/mol. The zero-order valence-electron chi connectivity index (χ0n) is 7.50. The first-order valence-electron chi connectivity index (χ1n) is 3.00. The van der Waals surface area contributed by atoms with Crippen LogP contribution in [0.5, 0.6) is 0 Å². The Labute approximate surface area is 82.0 Å². The van der Waals surface area contributed by atoms with Crippen molar-refractivity contribution in [3.05, 3.63) is 0 Å². The third-order valence-electron chi connectivity index (χ3n) is 0.243. The Hall–Kier alpha value is -2.00. The van der Waals surface area contributed by atoms with Crippen molar-refractivity contribution in [1.29, 1.82) is 5.41 Å². The van der Waals surface area contributed by atoms with Crippen LogP contribution in [0.25, 0.3) is 0 Å². The molecule has 0 radical (unpaired) electrons. The molecule has 0 heterocycles. The van der Waals surface area contributed by atoms with Crippen molar-refractivity contribution in [1.82, 2.24) is 0 Å². The molecule has 0 fully saturated rings. The molecule has 0 saturated heterocycles. The zero-order valence-corrected chi connectivity index (χ0v) is 7.50. The van der Waals surface area contributed by atoms with Crippen molar-refractivity contribution < 1.29 is 33.0 Å². The summed E-state index contributed by atoms with van der Waals surface area (Å²) in [5.74, 6) is -3.92. The summed E-state index contributed by atoms with van der Waals surface area (Å²) >= 11 is 0. The number of guanidine groups is 1. The molecule has 0 spiro atoms. The van der Waals surface area contributed by atoms with Gasteiger partial charge in [-0.1, -0.05) is 0 Å². The molecule has 0 bridgehead atoms. The van der Waals surface area contributed by atoms with Gasteiger partial charge < -0.3 is 21.7 Å². The second kappa shape index (κ2) is 8.59. The summed E-state index contributed by atoms with van der Waals surface area (Å²) in [5.41, 5.74) is 8.94. The number of hydrogen-bond donors (Lipinski definition) is 5. The molecule has 0 amide bonds. The summed E-state index contributed by atoms with van der Waals surface area (Å²) in [4.78, 5) is 17.9. The van der Waals surface area contributed by atoms with E-state index < -0.39 is 18.1 Å². The van der Waals surface area contributed by atoms with E-state index in [1.54, 1.807) is 0 Å². The minimum Gasteiger partial charge on any atom is -0.481 e. The van der Waals surface area contributed by atoms with Crippen LogP contribution >= 0.6 is 0 Å². The number of carboxylic acid groups (broad SMARTS) is 2. The highest BCUT2D eigenvalue weighted by molar-refractivity contribution is 5.73. The van der Waals surface area contributed by atoms with Crippen LogP contribution in [0.3, 0.4) is 0 Å². The molecule has 90 valence electrons. The van der Waals surface area contributed by atoms with Crippen LogP contribution in [0.2, 0.25) is 0 Å². The SMILES string of the molecule is CC(=O)O.N=C(N)N.O=C(O)C(F)(F)F. The predicted molar refractivity (Wildman–Crippen MR) is 43.1 cm³/mol. The third-order valence-corrected chi connectivity index (χ3v) is 0.243. The van der Waals surface area contributed by atoms with E-state index in [0.29, 0.717) is 0 Å². The third kappa shape index (κ3) is 75.0. The highest BCUT2D eigenvalue weighted by Crippen LogP contribution is 2.13. The lowest BCUT2D eigenvalue weighted by Crippen LogP contribution is -2.21. The number of carbonyl (C=O) groups is 2. The fraction of sp³-hybridized carbons (Fsp3) is 0.400. The Balaban J connectivity index is -0.000000155. The zero-order chi connectivity index (χ0) is 13.2. The molecule has 15 heavy (non-hydrogen) atoms. The van der Waals surface area contributed by atoms with E-state index in [2.05, 4.69) is 11.5 Å². The molecule has 0 aliphatic carbocycles. The summed E-state index contributed by atoms with van der Waals surface area (Å²) < 4.78 is 31.7. The van der Waals surface area contributed by atoms with Crippen molar-refractivity contribution in [2.75, 3.05) is 0 Å². The van der Waals surface area contributed by atoms with Gasteiger partial charge in [0.05, 0.1) is 0 Å². The maximum atomic E-state index is 10.6. The van der Waals surface area contributed by atoms with Gasteiger partial charge in [-0.25, -0.2) is 4.79 Å². The van der Waals surface area contributed by atoms with Crippen LogP contribution in [0.1, 0.15) is 6.92 Å². The number of rotatable bonds is 0. The summed E-state index contributed by atoms with van der Waals surface area (Å²) in [6.07, 6.45) is -5.08. The average Bonchev–Trinajstić information content (AvgIpc) is 1.80. The van der Waals surface area contributed by atoms with E-state index in [1.807, 2.05) is 0 Å². The van der Waals surface area contributed by atoms with E-state index in [4.69, 9.17) is 25.2 Å². The van der Waals surface area contributed by atoms with Crippen molar-refractivity contribution >= 4 is 17.9 Å². The minimum absolute atomic E-state index is 0.333. The number of aliphatic carboxylic acids is 2. The second-order valence-corrected chi connectivity index (χ2v) is 1.78. The van der Waals surface area contributed by atoms with Crippen LogP contribution in [-0.4, -0.2) is 34.3 Å². The molecule has 0 saturated carbocycles.